The van der Waals surface area contributed by atoms with Crippen molar-refractivity contribution in [3.05, 3.63) is 65.2 Å². The highest BCUT2D eigenvalue weighted by molar-refractivity contribution is 6.67. The Kier molecular flexibility index (Phi) is 7.21. The van der Waals surface area contributed by atoms with Crippen molar-refractivity contribution in [1.82, 2.24) is 4.90 Å². The van der Waals surface area contributed by atoms with Gasteiger partial charge in [-0.2, -0.15) is 0 Å². The van der Waals surface area contributed by atoms with E-state index in [9.17, 15) is 4.79 Å². The molecule has 0 aliphatic carbocycles. The van der Waals surface area contributed by atoms with Crippen LogP contribution in [0.4, 0.5) is 10.5 Å². The molecule has 150 valence electrons. The van der Waals surface area contributed by atoms with Crippen LogP contribution in [-0.2, 0) is 11.2 Å². The van der Waals surface area contributed by atoms with Crippen molar-refractivity contribution in [1.29, 1.82) is 0 Å². The molecule has 8 heteroatoms. The van der Waals surface area contributed by atoms with Crippen molar-refractivity contribution < 1.29 is 9.53 Å². The summed E-state index contributed by atoms with van der Waals surface area (Å²) in [5.41, 5.74) is 2.21. The van der Waals surface area contributed by atoms with Crippen LogP contribution in [0, 0.1) is 0 Å². The van der Waals surface area contributed by atoms with Crippen molar-refractivity contribution in [3.8, 4) is 0 Å². The molecule has 0 radical (unpaired) electrons. The topological polar surface area (TPSA) is 32.8 Å². The number of carbonyl (C=O) groups is 1. The zero-order valence-corrected chi connectivity index (χ0v) is 18.1. The van der Waals surface area contributed by atoms with Crippen LogP contribution >= 0.6 is 46.4 Å². The van der Waals surface area contributed by atoms with E-state index in [4.69, 9.17) is 51.1 Å². The summed E-state index contributed by atoms with van der Waals surface area (Å²) < 4.78 is 3.60. The number of rotatable bonds is 4. The maximum atomic E-state index is 12.6. The molecule has 28 heavy (non-hydrogen) atoms. The highest BCUT2D eigenvalue weighted by Gasteiger charge is 2.33. The Balaban J connectivity index is 1.75. The van der Waals surface area contributed by atoms with E-state index in [-0.39, 0.29) is 12.6 Å². The van der Waals surface area contributed by atoms with Gasteiger partial charge in [-0.3, -0.25) is 0 Å². The van der Waals surface area contributed by atoms with Gasteiger partial charge in [-0.15, -0.1) is 0 Å². The minimum Gasteiger partial charge on any atom is -0.445 e. The second-order valence-corrected chi connectivity index (χ2v) is 9.58. The molecule has 0 saturated carbocycles. The molecule has 1 aliphatic heterocycles. The lowest BCUT2D eigenvalue weighted by Crippen LogP contribution is -2.56. The van der Waals surface area contributed by atoms with E-state index >= 15 is 0 Å². The van der Waals surface area contributed by atoms with Gasteiger partial charge in [0.15, 0.2) is 0 Å². The quantitative estimate of drug-likeness (QED) is 0.557. The fourth-order valence-electron chi connectivity index (χ4n) is 3.27. The number of hydrogen-bond acceptors (Lipinski definition) is 3. The monoisotopic (exact) mass is 460 g/mol. The minimum atomic E-state index is -1.63. The molecule has 3 rings (SSSR count). The molecule has 1 saturated heterocycles. The van der Waals surface area contributed by atoms with E-state index in [1.54, 1.807) is 4.90 Å². The summed E-state index contributed by atoms with van der Waals surface area (Å²) in [7, 11) is 0. The van der Waals surface area contributed by atoms with Crippen LogP contribution in [0.1, 0.15) is 5.56 Å². The highest BCUT2D eigenvalue weighted by atomic mass is 35.6. The van der Waals surface area contributed by atoms with Crippen LogP contribution in [0.15, 0.2) is 54.6 Å². The average Bonchev–Trinajstić information content (AvgIpc) is 2.67. The lowest BCUT2D eigenvalue weighted by Gasteiger charge is -2.42. The van der Waals surface area contributed by atoms with Crippen LogP contribution in [0.5, 0.6) is 0 Å². The first kappa shape index (κ1) is 21.4. The Morgan fingerprint density at radius 3 is 2.36 bits per heavy atom. The van der Waals surface area contributed by atoms with Gasteiger partial charge in [0.1, 0.15) is 6.61 Å². The second kappa shape index (κ2) is 9.45. The van der Waals surface area contributed by atoms with E-state index in [1.807, 2.05) is 54.6 Å². The first-order valence-corrected chi connectivity index (χ1v) is 10.4. The standard InChI is InChI=1S/C20H20Cl4N2O2/c21-16-6-8-17(9-7-16)25-10-11-26(19(27)28-14-20(22,23)24)18(13-25)12-15-4-2-1-3-5-15/h1-9,18H,10-14H2/t18-/m1/s1. The first-order valence-electron chi connectivity index (χ1n) is 8.86. The third-order valence-corrected chi connectivity index (χ3v) is 5.16. The predicted molar refractivity (Wildman–Crippen MR) is 116 cm³/mol. The molecule has 0 unspecified atom stereocenters. The largest absolute Gasteiger partial charge is 0.445 e. The maximum Gasteiger partial charge on any atom is 0.410 e. The molecule has 1 atom stereocenters. The number of amides is 1. The van der Waals surface area contributed by atoms with Gasteiger partial charge >= 0.3 is 6.09 Å². The smallest absolute Gasteiger partial charge is 0.410 e. The normalized spacial score (nSPS) is 17.5. The van der Waals surface area contributed by atoms with Crippen LogP contribution < -0.4 is 4.90 Å². The third kappa shape index (κ3) is 6.08. The Bertz CT molecular complexity index is 781. The predicted octanol–water partition coefficient (Wildman–Crippen LogP) is 5.58. The van der Waals surface area contributed by atoms with Crippen LogP contribution in [0.3, 0.4) is 0 Å². The number of hydrogen-bond donors (Lipinski definition) is 0. The molecule has 0 aromatic heterocycles. The van der Waals surface area contributed by atoms with Gasteiger partial charge in [-0.1, -0.05) is 76.7 Å². The fourth-order valence-corrected chi connectivity index (χ4v) is 3.56. The molecule has 1 amide bonds. The third-order valence-electron chi connectivity index (χ3n) is 4.58. The Morgan fingerprint density at radius 1 is 1.04 bits per heavy atom. The van der Waals surface area contributed by atoms with Crippen LogP contribution in [-0.4, -0.2) is 47.1 Å². The number of ether oxygens (including phenoxy) is 1. The van der Waals surface area contributed by atoms with Gasteiger partial charge < -0.3 is 14.5 Å². The molecule has 0 spiro atoms. The molecule has 1 aliphatic rings. The van der Waals surface area contributed by atoms with E-state index in [0.29, 0.717) is 31.1 Å². The van der Waals surface area contributed by atoms with Crippen molar-refractivity contribution in [2.75, 3.05) is 31.1 Å². The highest BCUT2D eigenvalue weighted by Crippen LogP contribution is 2.27. The number of halogens is 4. The SMILES string of the molecule is O=C(OCC(Cl)(Cl)Cl)N1CCN(c2ccc(Cl)cc2)C[C@H]1Cc1ccccc1. The number of benzene rings is 2. The van der Waals surface area contributed by atoms with E-state index < -0.39 is 9.89 Å². The fraction of sp³-hybridized carbons (Fsp3) is 0.350. The van der Waals surface area contributed by atoms with Gasteiger partial charge in [-0.25, -0.2) is 4.79 Å². The van der Waals surface area contributed by atoms with Crippen molar-refractivity contribution in [2.45, 2.75) is 16.3 Å². The number of anilines is 1. The van der Waals surface area contributed by atoms with Crippen molar-refractivity contribution in [3.63, 3.8) is 0 Å². The van der Waals surface area contributed by atoms with E-state index in [0.717, 1.165) is 11.3 Å². The molecule has 0 bridgehead atoms. The summed E-state index contributed by atoms with van der Waals surface area (Å²) >= 11 is 23.1. The summed E-state index contributed by atoms with van der Waals surface area (Å²) in [5.74, 6) is 0. The zero-order valence-electron chi connectivity index (χ0n) is 15.0. The number of piperazine rings is 1. The van der Waals surface area contributed by atoms with Crippen molar-refractivity contribution in [2.24, 2.45) is 0 Å². The zero-order chi connectivity index (χ0) is 20.1. The Hall–Kier alpha value is -1.33. The summed E-state index contributed by atoms with van der Waals surface area (Å²) in [6, 6.07) is 17.7. The lowest BCUT2D eigenvalue weighted by atomic mass is 10.0. The molecule has 2 aromatic rings. The van der Waals surface area contributed by atoms with Gasteiger partial charge in [0.25, 0.3) is 0 Å². The first-order chi connectivity index (χ1) is 13.3. The number of alkyl halides is 3. The molecular weight excluding hydrogens is 442 g/mol. The molecule has 0 N–H and O–H groups in total. The lowest BCUT2D eigenvalue weighted by molar-refractivity contribution is 0.0828. The van der Waals surface area contributed by atoms with Gasteiger partial charge in [0.05, 0.1) is 6.04 Å². The summed E-state index contributed by atoms with van der Waals surface area (Å²) in [4.78, 5) is 16.6. The molecule has 4 nitrogen and oxygen atoms in total. The van der Waals surface area contributed by atoms with E-state index in [1.165, 1.54) is 0 Å². The summed E-state index contributed by atoms with van der Waals surface area (Å²) in [5, 5.41) is 0.693. The molecule has 1 heterocycles. The summed E-state index contributed by atoms with van der Waals surface area (Å²) in [6.45, 7) is 1.57. The van der Waals surface area contributed by atoms with Crippen LogP contribution in [0.25, 0.3) is 0 Å². The number of nitrogens with zero attached hydrogens (tertiary/aromatic N) is 2. The Labute approximate surface area is 184 Å². The number of carbonyl (C=O) groups excluding carboxylic acids is 1. The van der Waals surface area contributed by atoms with Gasteiger partial charge in [-0.05, 0) is 36.2 Å². The molecule has 2 aromatic carbocycles. The Morgan fingerprint density at radius 2 is 1.71 bits per heavy atom. The minimum absolute atomic E-state index is 0.0743. The van der Waals surface area contributed by atoms with Gasteiger partial charge in [0.2, 0.25) is 3.79 Å². The maximum absolute atomic E-state index is 12.6. The average molecular weight is 462 g/mol. The molecular formula is C20H20Cl4N2O2. The van der Waals surface area contributed by atoms with Crippen LogP contribution in [0.2, 0.25) is 5.02 Å². The summed E-state index contributed by atoms with van der Waals surface area (Å²) in [6.07, 6.45) is 0.233. The second-order valence-electron chi connectivity index (χ2n) is 6.63. The van der Waals surface area contributed by atoms with E-state index in [2.05, 4.69) is 4.90 Å². The van der Waals surface area contributed by atoms with Crippen molar-refractivity contribution >= 4 is 58.2 Å². The van der Waals surface area contributed by atoms with Gasteiger partial charge in [0, 0.05) is 30.3 Å². The molecule has 1 fully saturated rings.